The number of halogens is 1. The molecule has 0 saturated heterocycles. The van der Waals surface area contributed by atoms with Crippen LogP contribution in [0, 0.1) is 12.8 Å². The van der Waals surface area contributed by atoms with Gasteiger partial charge in [0.1, 0.15) is 0 Å². The van der Waals surface area contributed by atoms with Crippen molar-refractivity contribution in [1.82, 2.24) is 0 Å². The zero-order valence-corrected chi connectivity index (χ0v) is 11.3. The maximum atomic E-state index is 5.79. The van der Waals surface area contributed by atoms with E-state index in [4.69, 9.17) is 5.73 Å². The first kappa shape index (κ1) is 11.9. The first-order valence-electron chi connectivity index (χ1n) is 5.93. The third-order valence-corrected chi connectivity index (χ3v) is 3.98. The zero-order valence-electron chi connectivity index (χ0n) is 9.67. The fraction of sp³-hybridized carbons (Fsp3) is 0.538. The first-order valence-corrected chi connectivity index (χ1v) is 6.73. The molecule has 0 aromatic heterocycles. The van der Waals surface area contributed by atoms with Gasteiger partial charge in [0.05, 0.1) is 0 Å². The summed E-state index contributed by atoms with van der Waals surface area (Å²) < 4.78 is 1.14. The Morgan fingerprint density at radius 3 is 2.94 bits per heavy atom. The van der Waals surface area contributed by atoms with Gasteiger partial charge >= 0.3 is 0 Å². The maximum Gasteiger partial charge on any atom is 0.0372 e. The molecule has 16 heavy (non-hydrogen) atoms. The smallest absolute Gasteiger partial charge is 0.0372 e. The average Bonchev–Trinajstić information content (AvgIpc) is 2.69. The lowest BCUT2D eigenvalue weighted by Gasteiger charge is -2.22. The summed E-state index contributed by atoms with van der Waals surface area (Å²) in [6, 6.07) is 6.94. The van der Waals surface area contributed by atoms with Gasteiger partial charge in [-0.3, -0.25) is 0 Å². The lowest BCUT2D eigenvalue weighted by atomic mass is 10.0. The van der Waals surface area contributed by atoms with Gasteiger partial charge in [-0.15, -0.1) is 0 Å². The van der Waals surface area contributed by atoms with Crippen LogP contribution in [0.15, 0.2) is 22.7 Å². The van der Waals surface area contributed by atoms with Crippen molar-refractivity contribution < 1.29 is 0 Å². The first-order chi connectivity index (χ1) is 7.70. The van der Waals surface area contributed by atoms with Gasteiger partial charge in [-0.05, 0) is 56.0 Å². The van der Waals surface area contributed by atoms with E-state index >= 15 is 0 Å². The van der Waals surface area contributed by atoms with Crippen molar-refractivity contribution >= 4 is 21.6 Å². The Labute approximate surface area is 106 Å². The summed E-state index contributed by atoms with van der Waals surface area (Å²) in [6.45, 7) is 2.94. The molecule has 2 unspecified atom stereocenters. The van der Waals surface area contributed by atoms with Gasteiger partial charge < -0.3 is 11.1 Å². The predicted octanol–water partition coefficient (Wildman–Crippen LogP) is 3.30. The van der Waals surface area contributed by atoms with Crippen molar-refractivity contribution in [2.24, 2.45) is 11.7 Å². The Kier molecular flexibility index (Phi) is 3.87. The van der Waals surface area contributed by atoms with E-state index in [2.05, 4.69) is 46.4 Å². The van der Waals surface area contributed by atoms with Crippen molar-refractivity contribution in [2.75, 3.05) is 11.9 Å². The molecule has 0 amide bonds. The van der Waals surface area contributed by atoms with E-state index in [0.29, 0.717) is 12.0 Å². The van der Waals surface area contributed by atoms with Gasteiger partial charge in [-0.1, -0.05) is 22.4 Å². The molecule has 1 aromatic carbocycles. The van der Waals surface area contributed by atoms with Crippen LogP contribution in [0.3, 0.4) is 0 Å². The van der Waals surface area contributed by atoms with Crippen LogP contribution in [-0.2, 0) is 0 Å². The number of hydrogen-bond acceptors (Lipinski definition) is 2. The van der Waals surface area contributed by atoms with Gasteiger partial charge in [0, 0.05) is 16.2 Å². The van der Waals surface area contributed by atoms with Gasteiger partial charge in [0.2, 0.25) is 0 Å². The highest BCUT2D eigenvalue weighted by molar-refractivity contribution is 9.10. The van der Waals surface area contributed by atoms with E-state index in [-0.39, 0.29) is 0 Å². The standard InChI is InChI=1S/C13H19BrN2/c1-9-7-11(14)5-6-12(9)16-13-4-2-3-10(13)8-15/h5-7,10,13,16H,2-4,8,15H2,1H3. The van der Waals surface area contributed by atoms with Crippen LogP contribution in [0.4, 0.5) is 5.69 Å². The van der Waals surface area contributed by atoms with Crippen molar-refractivity contribution in [3.8, 4) is 0 Å². The Hall–Kier alpha value is -0.540. The summed E-state index contributed by atoms with van der Waals surface area (Å²) in [5, 5.41) is 3.64. The largest absolute Gasteiger partial charge is 0.382 e. The number of benzene rings is 1. The molecule has 88 valence electrons. The van der Waals surface area contributed by atoms with Crippen LogP contribution in [0.2, 0.25) is 0 Å². The molecule has 0 spiro atoms. The van der Waals surface area contributed by atoms with Gasteiger partial charge in [-0.25, -0.2) is 0 Å². The Morgan fingerprint density at radius 2 is 2.25 bits per heavy atom. The molecular formula is C13H19BrN2. The highest BCUT2D eigenvalue weighted by atomic mass is 79.9. The normalized spacial score (nSPS) is 24.7. The second-order valence-electron chi connectivity index (χ2n) is 4.64. The lowest BCUT2D eigenvalue weighted by Crippen LogP contribution is -2.29. The van der Waals surface area contributed by atoms with Crippen molar-refractivity contribution in [1.29, 1.82) is 0 Å². The highest BCUT2D eigenvalue weighted by Gasteiger charge is 2.25. The quantitative estimate of drug-likeness (QED) is 0.893. The average molecular weight is 283 g/mol. The van der Waals surface area contributed by atoms with E-state index in [1.165, 1.54) is 30.5 Å². The molecule has 0 bridgehead atoms. The molecular weight excluding hydrogens is 264 g/mol. The number of rotatable bonds is 3. The molecule has 2 atom stereocenters. The highest BCUT2D eigenvalue weighted by Crippen LogP contribution is 2.29. The van der Waals surface area contributed by atoms with Crippen LogP contribution < -0.4 is 11.1 Å². The minimum absolute atomic E-state index is 0.560. The molecule has 3 heteroatoms. The Balaban J connectivity index is 2.08. The fourth-order valence-electron chi connectivity index (χ4n) is 2.50. The van der Waals surface area contributed by atoms with Crippen LogP contribution in [0.25, 0.3) is 0 Å². The van der Waals surface area contributed by atoms with Gasteiger partial charge in [0.15, 0.2) is 0 Å². The van der Waals surface area contributed by atoms with Crippen LogP contribution in [-0.4, -0.2) is 12.6 Å². The number of hydrogen-bond donors (Lipinski definition) is 2. The monoisotopic (exact) mass is 282 g/mol. The summed E-state index contributed by atoms with van der Waals surface area (Å²) in [4.78, 5) is 0. The topological polar surface area (TPSA) is 38.0 Å². The summed E-state index contributed by atoms with van der Waals surface area (Å²) in [6.07, 6.45) is 3.82. The molecule has 2 rings (SSSR count). The molecule has 2 nitrogen and oxygen atoms in total. The maximum absolute atomic E-state index is 5.79. The summed E-state index contributed by atoms with van der Waals surface area (Å²) in [7, 11) is 0. The molecule has 0 aliphatic heterocycles. The number of nitrogens with two attached hydrogens (primary N) is 1. The van der Waals surface area contributed by atoms with Crippen LogP contribution in [0.5, 0.6) is 0 Å². The lowest BCUT2D eigenvalue weighted by molar-refractivity contribution is 0.516. The van der Waals surface area contributed by atoms with E-state index in [1.807, 2.05) is 0 Å². The Morgan fingerprint density at radius 1 is 1.44 bits per heavy atom. The SMILES string of the molecule is Cc1cc(Br)ccc1NC1CCCC1CN. The van der Waals surface area contributed by atoms with Gasteiger partial charge in [-0.2, -0.15) is 0 Å². The van der Waals surface area contributed by atoms with Crippen molar-refractivity contribution in [2.45, 2.75) is 32.2 Å². The molecule has 1 aliphatic rings. The third kappa shape index (κ3) is 2.58. The van der Waals surface area contributed by atoms with E-state index in [1.54, 1.807) is 0 Å². The summed E-state index contributed by atoms with van der Waals surface area (Å²) >= 11 is 3.49. The summed E-state index contributed by atoms with van der Waals surface area (Å²) in [5.41, 5.74) is 8.33. The van der Waals surface area contributed by atoms with E-state index in [0.717, 1.165) is 11.0 Å². The second kappa shape index (κ2) is 5.19. The van der Waals surface area contributed by atoms with Gasteiger partial charge in [0.25, 0.3) is 0 Å². The van der Waals surface area contributed by atoms with Crippen molar-refractivity contribution in [3.05, 3.63) is 28.2 Å². The molecule has 1 aliphatic carbocycles. The number of aryl methyl sites for hydroxylation is 1. The van der Waals surface area contributed by atoms with E-state index < -0.39 is 0 Å². The summed E-state index contributed by atoms with van der Waals surface area (Å²) in [5.74, 6) is 0.642. The third-order valence-electron chi connectivity index (χ3n) is 3.49. The Bertz CT molecular complexity index is 365. The zero-order chi connectivity index (χ0) is 11.5. The minimum atomic E-state index is 0.560. The van der Waals surface area contributed by atoms with Crippen LogP contribution in [0.1, 0.15) is 24.8 Å². The molecule has 0 heterocycles. The van der Waals surface area contributed by atoms with Crippen molar-refractivity contribution in [3.63, 3.8) is 0 Å². The number of nitrogens with one attached hydrogen (secondary N) is 1. The molecule has 1 aromatic rings. The molecule has 1 fully saturated rings. The predicted molar refractivity (Wildman–Crippen MR) is 72.7 cm³/mol. The fourth-order valence-corrected chi connectivity index (χ4v) is 2.97. The van der Waals surface area contributed by atoms with E-state index in [9.17, 15) is 0 Å². The number of anilines is 1. The molecule has 3 N–H and O–H groups in total. The minimum Gasteiger partial charge on any atom is -0.382 e. The molecule has 1 saturated carbocycles. The molecule has 0 radical (unpaired) electrons. The second-order valence-corrected chi connectivity index (χ2v) is 5.55. The van der Waals surface area contributed by atoms with Crippen LogP contribution >= 0.6 is 15.9 Å².